The zero-order valence-corrected chi connectivity index (χ0v) is 10.3. The van der Waals surface area contributed by atoms with Gasteiger partial charge >= 0.3 is 5.97 Å². The van der Waals surface area contributed by atoms with Crippen LogP contribution < -0.4 is 0 Å². The van der Waals surface area contributed by atoms with Crippen molar-refractivity contribution < 1.29 is 23.4 Å². The molecule has 0 aromatic carbocycles. The number of rotatable bonds is 3. The average Bonchev–Trinajstić information content (AvgIpc) is 2.84. The molecule has 0 aromatic rings. The summed E-state index contributed by atoms with van der Waals surface area (Å²) in [5.74, 6) is -1.18. The van der Waals surface area contributed by atoms with Gasteiger partial charge in [0.1, 0.15) is 6.04 Å². The van der Waals surface area contributed by atoms with Crippen LogP contribution in [0.5, 0.6) is 0 Å². The quantitative estimate of drug-likeness (QED) is 0.734. The van der Waals surface area contributed by atoms with Gasteiger partial charge in [-0.25, -0.2) is 8.42 Å². The molecule has 1 aliphatic carbocycles. The van der Waals surface area contributed by atoms with Crippen LogP contribution in [0.1, 0.15) is 32.1 Å². The predicted molar refractivity (Wildman–Crippen MR) is 59.9 cm³/mol. The Kier molecular flexibility index (Phi) is 3.42. The van der Waals surface area contributed by atoms with Gasteiger partial charge in [-0.1, -0.05) is 12.8 Å². The third-order valence-electron chi connectivity index (χ3n) is 3.57. The maximum absolute atomic E-state index is 12.2. The van der Waals surface area contributed by atoms with Gasteiger partial charge in [0.15, 0.2) is 0 Å². The summed E-state index contributed by atoms with van der Waals surface area (Å²) in [6.45, 7) is -0.0875. The second-order valence-corrected chi connectivity index (χ2v) is 6.93. The Balaban J connectivity index is 2.22. The van der Waals surface area contributed by atoms with Gasteiger partial charge in [0.2, 0.25) is 10.0 Å². The number of carboxylic acids is 1. The van der Waals surface area contributed by atoms with Crippen LogP contribution in [0, 0.1) is 0 Å². The summed E-state index contributed by atoms with van der Waals surface area (Å²) in [7, 11) is -3.57. The van der Waals surface area contributed by atoms with Gasteiger partial charge in [0.25, 0.3) is 0 Å². The molecule has 2 N–H and O–H groups in total. The summed E-state index contributed by atoms with van der Waals surface area (Å²) in [6.07, 6.45) is 2.06. The monoisotopic (exact) mass is 263 g/mol. The van der Waals surface area contributed by atoms with Gasteiger partial charge in [-0.05, 0) is 12.8 Å². The van der Waals surface area contributed by atoms with Crippen LogP contribution in [0.25, 0.3) is 0 Å². The van der Waals surface area contributed by atoms with E-state index >= 15 is 0 Å². The largest absolute Gasteiger partial charge is 0.480 e. The fraction of sp³-hybridized carbons (Fsp3) is 0.900. The summed E-state index contributed by atoms with van der Waals surface area (Å²) in [4.78, 5) is 11.0. The SMILES string of the molecule is O=C(O)C1CC(O)CN1S(=O)(=O)C1CCCC1. The van der Waals surface area contributed by atoms with Crippen molar-refractivity contribution in [2.75, 3.05) is 6.54 Å². The highest BCUT2D eigenvalue weighted by Crippen LogP contribution is 2.31. The lowest BCUT2D eigenvalue weighted by molar-refractivity contribution is -0.140. The molecule has 0 aromatic heterocycles. The smallest absolute Gasteiger partial charge is 0.322 e. The molecule has 2 unspecified atom stereocenters. The van der Waals surface area contributed by atoms with E-state index in [9.17, 15) is 18.3 Å². The Labute approximate surface area is 100 Å². The van der Waals surface area contributed by atoms with E-state index in [0.717, 1.165) is 17.1 Å². The number of nitrogens with zero attached hydrogens (tertiary/aromatic N) is 1. The van der Waals surface area contributed by atoms with Gasteiger partial charge in [0, 0.05) is 13.0 Å². The maximum atomic E-state index is 12.2. The molecule has 1 heterocycles. The Morgan fingerprint density at radius 3 is 2.35 bits per heavy atom. The van der Waals surface area contributed by atoms with E-state index in [2.05, 4.69) is 0 Å². The lowest BCUT2D eigenvalue weighted by Gasteiger charge is -2.24. The van der Waals surface area contributed by atoms with E-state index in [1.54, 1.807) is 0 Å². The second kappa shape index (κ2) is 4.55. The molecular weight excluding hydrogens is 246 g/mol. The minimum absolute atomic E-state index is 0.0126. The molecule has 2 rings (SSSR count). The molecule has 1 aliphatic heterocycles. The molecule has 0 bridgehead atoms. The Morgan fingerprint density at radius 2 is 1.82 bits per heavy atom. The number of β-amino-alcohol motifs (C(OH)–C–C–N with tert-alkyl or cyclic N) is 1. The van der Waals surface area contributed by atoms with E-state index in [-0.39, 0.29) is 13.0 Å². The van der Waals surface area contributed by atoms with Crippen LogP contribution in [0.4, 0.5) is 0 Å². The molecule has 1 saturated heterocycles. The number of hydrogen-bond acceptors (Lipinski definition) is 4. The van der Waals surface area contributed by atoms with Crippen LogP contribution in [0.3, 0.4) is 0 Å². The number of sulfonamides is 1. The summed E-state index contributed by atoms with van der Waals surface area (Å²) in [6, 6.07) is -1.10. The summed E-state index contributed by atoms with van der Waals surface area (Å²) in [5, 5.41) is 18.0. The number of aliphatic carboxylic acids is 1. The number of aliphatic hydroxyl groups is 1. The Morgan fingerprint density at radius 1 is 1.24 bits per heavy atom. The molecule has 7 heteroatoms. The highest BCUT2D eigenvalue weighted by molar-refractivity contribution is 7.89. The maximum Gasteiger partial charge on any atom is 0.322 e. The average molecular weight is 263 g/mol. The number of hydrogen-bond donors (Lipinski definition) is 2. The zero-order valence-electron chi connectivity index (χ0n) is 9.45. The molecule has 17 heavy (non-hydrogen) atoms. The predicted octanol–water partition coefficient (Wildman–Crippen LogP) is -0.221. The summed E-state index contributed by atoms with van der Waals surface area (Å²) < 4.78 is 25.5. The topological polar surface area (TPSA) is 94.9 Å². The highest BCUT2D eigenvalue weighted by Gasteiger charge is 2.46. The molecule has 0 radical (unpaired) electrons. The number of aliphatic hydroxyl groups excluding tert-OH is 1. The minimum Gasteiger partial charge on any atom is -0.480 e. The lowest BCUT2D eigenvalue weighted by atomic mass is 10.2. The van der Waals surface area contributed by atoms with Crippen molar-refractivity contribution >= 4 is 16.0 Å². The van der Waals surface area contributed by atoms with Crippen LogP contribution >= 0.6 is 0 Å². The third-order valence-corrected chi connectivity index (χ3v) is 5.94. The van der Waals surface area contributed by atoms with Crippen molar-refractivity contribution in [3.8, 4) is 0 Å². The summed E-state index contributed by atoms with van der Waals surface area (Å²) in [5.41, 5.74) is 0. The summed E-state index contributed by atoms with van der Waals surface area (Å²) >= 11 is 0. The molecule has 0 amide bonds. The van der Waals surface area contributed by atoms with Crippen LogP contribution in [-0.4, -0.2) is 52.8 Å². The standard InChI is InChI=1S/C10H17NO5S/c12-7-5-9(10(13)14)11(6-7)17(15,16)8-3-1-2-4-8/h7-9,12H,1-6H2,(H,13,14). The van der Waals surface area contributed by atoms with E-state index in [1.165, 1.54) is 0 Å². The highest BCUT2D eigenvalue weighted by atomic mass is 32.2. The zero-order chi connectivity index (χ0) is 12.6. The van der Waals surface area contributed by atoms with Gasteiger partial charge in [0.05, 0.1) is 11.4 Å². The molecule has 2 aliphatic rings. The van der Waals surface area contributed by atoms with E-state index in [1.807, 2.05) is 0 Å². The van der Waals surface area contributed by atoms with Crippen molar-refractivity contribution in [3.05, 3.63) is 0 Å². The van der Waals surface area contributed by atoms with Crippen molar-refractivity contribution in [2.45, 2.75) is 49.5 Å². The molecule has 1 saturated carbocycles. The molecule has 6 nitrogen and oxygen atoms in total. The molecule has 0 spiro atoms. The van der Waals surface area contributed by atoms with E-state index < -0.39 is 33.4 Å². The second-order valence-electron chi connectivity index (χ2n) is 4.76. The first-order valence-electron chi connectivity index (χ1n) is 5.84. The Hall–Kier alpha value is -0.660. The fourth-order valence-electron chi connectivity index (χ4n) is 2.67. The van der Waals surface area contributed by atoms with Crippen LogP contribution in [-0.2, 0) is 14.8 Å². The van der Waals surface area contributed by atoms with Crippen LogP contribution in [0.15, 0.2) is 0 Å². The lowest BCUT2D eigenvalue weighted by Crippen LogP contribution is -2.44. The number of carboxylic acid groups (broad SMARTS) is 1. The van der Waals surface area contributed by atoms with E-state index in [0.29, 0.717) is 12.8 Å². The third kappa shape index (κ3) is 2.31. The fourth-order valence-corrected chi connectivity index (χ4v) is 4.89. The van der Waals surface area contributed by atoms with Crippen LogP contribution in [0.2, 0.25) is 0 Å². The van der Waals surface area contributed by atoms with Gasteiger partial charge < -0.3 is 10.2 Å². The number of carbonyl (C=O) groups is 1. The van der Waals surface area contributed by atoms with Crippen molar-refractivity contribution in [2.24, 2.45) is 0 Å². The Bertz CT molecular complexity index is 401. The van der Waals surface area contributed by atoms with Gasteiger partial charge in [-0.2, -0.15) is 4.31 Å². The van der Waals surface area contributed by atoms with E-state index in [4.69, 9.17) is 5.11 Å². The van der Waals surface area contributed by atoms with Crippen molar-refractivity contribution in [1.82, 2.24) is 4.31 Å². The minimum atomic E-state index is -3.57. The van der Waals surface area contributed by atoms with Gasteiger partial charge in [-0.3, -0.25) is 4.79 Å². The molecule has 2 atom stereocenters. The molecule has 2 fully saturated rings. The normalized spacial score (nSPS) is 32.1. The van der Waals surface area contributed by atoms with Gasteiger partial charge in [-0.15, -0.1) is 0 Å². The first kappa shape index (κ1) is 12.8. The first-order valence-corrected chi connectivity index (χ1v) is 7.35. The molecular formula is C10H17NO5S. The molecule has 98 valence electrons. The van der Waals surface area contributed by atoms with Crippen molar-refractivity contribution in [3.63, 3.8) is 0 Å². The first-order chi connectivity index (χ1) is 7.93. The van der Waals surface area contributed by atoms with Crippen molar-refractivity contribution in [1.29, 1.82) is 0 Å².